The van der Waals surface area contributed by atoms with Crippen LogP contribution in [0.15, 0.2) is 12.1 Å². The normalized spacial score (nSPS) is 23.6. The van der Waals surface area contributed by atoms with Crippen molar-refractivity contribution in [2.45, 2.75) is 12.0 Å². The molecule has 0 radical (unpaired) electrons. The van der Waals surface area contributed by atoms with Crippen molar-refractivity contribution in [2.75, 3.05) is 11.5 Å². The van der Waals surface area contributed by atoms with E-state index in [0.717, 1.165) is 17.1 Å². The number of carbonyl (C=O) groups is 2. The van der Waals surface area contributed by atoms with Crippen LogP contribution in [0.25, 0.3) is 0 Å². The van der Waals surface area contributed by atoms with E-state index < -0.39 is 11.5 Å². The lowest BCUT2D eigenvalue weighted by Gasteiger charge is -2.24. The third-order valence-electron chi connectivity index (χ3n) is 2.58. The Hall–Kier alpha value is -0.720. The highest BCUT2D eigenvalue weighted by Gasteiger charge is 2.43. The Morgan fingerprint density at radius 3 is 2.71 bits per heavy atom. The lowest BCUT2D eigenvalue weighted by Crippen LogP contribution is -2.54. The Morgan fingerprint density at radius 1 is 1.47 bits per heavy atom. The average Bonchev–Trinajstić information content (AvgIpc) is 2.87. The fourth-order valence-electron chi connectivity index (χ4n) is 1.60. The molecule has 2 heterocycles. The van der Waals surface area contributed by atoms with Crippen LogP contribution in [-0.2, 0) is 4.79 Å². The molecule has 0 aromatic carbocycles. The van der Waals surface area contributed by atoms with Gasteiger partial charge in [0, 0.05) is 5.75 Å². The fourth-order valence-corrected chi connectivity index (χ4v) is 3.86. The van der Waals surface area contributed by atoms with Crippen LogP contribution in [0.3, 0.4) is 0 Å². The maximum Gasteiger partial charge on any atom is 0.330 e. The zero-order valence-electron chi connectivity index (χ0n) is 8.73. The highest BCUT2D eigenvalue weighted by Crippen LogP contribution is 2.29. The Bertz CT molecular complexity index is 454. The molecule has 1 aromatic heterocycles. The lowest BCUT2D eigenvalue weighted by atomic mass is 9.99. The SMILES string of the molecule is O=C(N[C@@]1(C(=O)O)CCSC1)c1ccc(Cl)s1. The summed E-state index contributed by atoms with van der Waals surface area (Å²) in [5, 5.41) is 11.8. The molecule has 17 heavy (non-hydrogen) atoms. The van der Waals surface area contributed by atoms with Crippen LogP contribution in [0.5, 0.6) is 0 Å². The molecule has 4 nitrogen and oxygen atoms in total. The Morgan fingerprint density at radius 2 is 2.24 bits per heavy atom. The molecule has 0 bridgehead atoms. The molecule has 0 spiro atoms. The van der Waals surface area contributed by atoms with Gasteiger partial charge in [0.1, 0.15) is 5.54 Å². The summed E-state index contributed by atoms with van der Waals surface area (Å²) in [6.45, 7) is 0. The minimum atomic E-state index is -1.13. The second-order valence-corrected chi connectivity index (χ2v) is 6.57. The van der Waals surface area contributed by atoms with E-state index in [1.807, 2.05) is 0 Å². The number of carboxylic acids is 1. The predicted molar refractivity (Wildman–Crippen MR) is 69.1 cm³/mol. The minimum Gasteiger partial charge on any atom is -0.479 e. The first kappa shape index (κ1) is 12.7. The smallest absolute Gasteiger partial charge is 0.330 e. The van der Waals surface area contributed by atoms with E-state index in [1.165, 1.54) is 11.8 Å². The van der Waals surface area contributed by atoms with Gasteiger partial charge in [0.15, 0.2) is 0 Å². The molecular weight excluding hydrogens is 282 g/mol. The number of aliphatic carboxylic acids is 1. The van der Waals surface area contributed by atoms with Gasteiger partial charge in [0.05, 0.1) is 9.21 Å². The molecule has 1 aliphatic heterocycles. The number of hydrogen-bond acceptors (Lipinski definition) is 4. The number of carbonyl (C=O) groups excluding carboxylic acids is 1. The van der Waals surface area contributed by atoms with Crippen molar-refractivity contribution in [2.24, 2.45) is 0 Å². The summed E-state index contributed by atoms with van der Waals surface area (Å²) < 4.78 is 0.514. The van der Waals surface area contributed by atoms with Crippen LogP contribution in [-0.4, -0.2) is 34.0 Å². The lowest BCUT2D eigenvalue weighted by molar-refractivity contribution is -0.143. The van der Waals surface area contributed by atoms with Crippen molar-refractivity contribution in [3.63, 3.8) is 0 Å². The zero-order chi connectivity index (χ0) is 12.5. The predicted octanol–water partition coefficient (Wildman–Crippen LogP) is 2.09. The number of nitrogens with one attached hydrogen (secondary N) is 1. The van der Waals surface area contributed by atoms with Gasteiger partial charge < -0.3 is 10.4 Å². The third-order valence-corrected chi connectivity index (χ3v) is 5.00. The number of carboxylic acid groups (broad SMARTS) is 1. The molecule has 2 rings (SSSR count). The molecule has 7 heteroatoms. The number of hydrogen-bond donors (Lipinski definition) is 2. The van der Waals surface area contributed by atoms with Crippen molar-refractivity contribution in [1.29, 1.82) is 0 Å². The first-order valence-electron chi connectivity index (χ1n) is 4.92. The van der Waals surface area contributed by atoms with E-state index in [9.17, 15) is 14.7 Å². The fraction of sp³-hybridized carbons (Fsp3) is 0.400. The van der Waals surface area contributed by atoms with Gasteiger partial charge in [-0.05, 0) is 24.3 Å². The van der Waals surface area contributed by atoms with Crippen molar-refractivity contribution in [3.05, 3.63) is 21.3 Å². The van der Waals surface area contributed by atoms with Crippen molar-refractivity contribution < 1.29 is 14.7 Å². The zero-order valence-corrected chi connectivity index (χ0v) is 11.1. The van der Waals surface area contributed by atoms with Gasteiger partial charge in [-0.15, -0.1) is 11.3 Å². The largest absolute Gasteiger partial charge is 0.479 e. The quantitative estimate of drug-likeness (QED) is 0.895. The molecule has 1 fully saturated rings. The number of thiophene rings is 1. The maximum atomic E-state index is 11.9. The summed E-state index contributed by atoms with van der Waals surface area (Å²) in [4.78, 5) is 23.6. The Labute approximate surface area is 111 Å². The van der Waals surface area contributed by atoms with E-state index in [1.54, 1.807) is 12.1 Å². The van der Waals surface area contributed by atoms with Crippen LogP contribution >= 0.6 is 34.7 Å². The third kappa shape index (κ3) is 2.59. The number of halogens is 1. The number of rotatable bonds is 3. The summed E-state index contributed by atoms with van der Waals surface area (Å²) in [6.07, 6.45) is 0.456. The summed E-state index contributed by atoms with van der Waals surface area (Å²) in [5.74, 6) is -0.185. The maximum absolute atomic E-state index is 11.9. The van der Waals surface area contributed by atoms with E-state index in [0.29, 0.717) is 21.4 Å². The molecule has 1 amide bonds. The monoisotopic (exact) mass is 291 g/mol. The van der Waals surface area contributed by atoms with Crippen molar-refractivity contribution >= 4 is 46.6 Å². The summed E-state index contributed by atoms with van der Waals surface area (Å²) in [7, 11) is 0. The summed E-state index contributed by atoms with van der Waals surface area (Å²) in [6, 6.07) is 3.22. The average molecular weight is 292 g/mol. The molecule has 1 aliphatic rings. The van der Waals surface area contributed by atoms with E-state index >= 15 is 0 Å². The van der Waals surface area contributed by atoms with Gasteiger partial charge in [-0.2, -0.15) is 11.8 Å². The molecule has 1 aromatic rings. The first-order chi connectivity index (χ1) is 8.03. The molecule has 0 saturated carbocycles. The minimum absolute atomic E-state index is 0.369. The van der Waals surface area contributed by atoms with Gasteiger partial charge in [-0.25, -0.2) is 4.79 Å². The highest BCUT2D eigenvalue weighted by molar-refractivity contribution is 7.99. The number of amides is 1. The van der Waals surface area contributed by atoms with Crippen LogP contribution in [0.1, 0.15) is 16.1 Å². The van der Waals surface area contributed by atoms with Crippen molar-refractivity contribution in [3.8, 4) is 0 Å². The van der Waals surface area contributed by atoms with E-state index in [-0.39, 0.29) is 5.91 Å². The second-order valence-electron chi connectivity index (χ2n) is 3.75. The molecule has 0 unspecified atom stereocenters. The Balaban J connectivity index is 2.14. The van der Waals surface area contributed by atoms with Crippen LogP contribution < -0.4 is 5.32 Å². The molecule has 1 atom stereocenters. The number of thioether (sulfide) groups is 1. The molecule has 2 N–H and O–H groups in total. The molecular formula is C10H10ClNO3S2. The standard InChI is InChI=1S/C10H10ClNO3S2/c11-7-2-1-6(17-7)8(13)12-10(9(14)15)3-4-16-5-10/h1-2H,3-5H2,(H,12,13)(H,14,15)/t10-/m0/s1. The van der Waals surface area contributed by atoms with Crippen molar-refractivity contribution in [1.82, 2.24) is 5.32 Å². The van der Waals surface area contributed by atoms with Gasteiger partial charge in [-0.3, -0.25) is 4.79 Å². The highest BCUT2D eigenvalue weighted by atomic mass is 35.5. The van der Waals surface area contributed by atoms with Crippen LogP contribution in [0.2, 0.25) is 4.34 Å². The summed E-state index contributed by atoms with van der Waals surface area (Å²) >= 11 is 8.41. The first-order valence-corrected chi connectivity index (χ1v) is 7.27. The second kappa shape index (κ2) is 4.88. The van der Waals surface area contributed by atoms with Crippen LogP contribution in [0, 0.1) is 0 Å². The Kier molecular flexibility index (Phi) is 3.65. The summed E-state index contributed by atoms with van der Waals surface area (Å²) in [5.41, 5.74) is -1.13. The molecule has 1 saturated heterocycles. The van der Waals surface area contributed by atoms with Gasteiger partial charge in [-0.1, -0.05) is 11.6 Å². The molecule has 92 valence electrons. The van der Waals surface area contributed by atoms with Crippen LogP contribution in [0.4, 0.5) is 0 Å². The van der Waals surface area contributed by atoms with E-state index in [4.69, 9.17) is 11.6 Å². The van der Waals surface area contributed by atoms with Gasteiger partial charge in [0.25, 0.3) is 5.91 Å². The van der Waals surface area contributed by atoms with E-state index in [2.05, 4.69) is 5.32 Å². The topological polar surface area (TPSA) is 66.4 Å². The van der Waals surface area contributed by atoms with Gasteiger partial charge >= 0.3 is 5.97 Å². The molecule has 0 aliphatic carbocycles. The van der Waals surface area contributed by atoms with Gasteiger partial charge in [0.2, 0.25) is 0 Å².